The number of aliphatic hydroxyl groups excluding tert-OH is 1. The molecule has 74 valence electrons. The fraction of sp³-hybridized carbons (Fsp3) is 0.364. The summed E-state index contributed by atoms with van der Waals surface area (Å²) in [6, 6.07) is 5.61. The Morgan fingerprint density at radius 2 is 2.21 bits per heavy atom. The Labute approximate surface area is 82.4 Å². The van der Waals surface area contributed by atoms with Crippen molar-refractivity contribution >= 4 is 11.1 Å². The summed E-state index contributed by atoms with van der Waals surface area (Å²) >= 11 is 0. The second-order valence-electron chi connectivity index (χ2n) is 3.63. The van der Waals surface area contributed by atoms with Gasteiger partial charge in [-0.1, -0.05) is 26.0 Å². The second-order valence-corrected chi connectivity index (χ2v) is 3.63. The third kappa shape index (κ3) is 1.40. The van der Waals surface area contributed by atoms with Gasteiger partial charge in [0.2, 0.25) is 0 Å². The van der Waals surface area contributed by atoms with E-state index in [0.717, 1.165) is 17.0 Å². The van der Waals surface area contributed by atoms with Crippen LogP contribution in [0.2, 0.25) is 0 Å². The summed E-state index contributed by atoms with van der Waals surface area (Å²) in [4.78, 5) is 4.34. The van der Waals surface area contributed by atoms with Crippen molar-refractivity contribution in [1.82, 2.24) is 4.98 Å². The van der Waals surface area contributed by atoms with Crippen molar-refractivity contribution in [2.75, 3.05) is 0 Å². The number of nitrogens with zero attached hydrogens (tertiary/aromatic N) is 1. The van der Waals surface area contributed by atoms with E-state index in [9.17, 15) is 0 Å². The van der Waals surface area contributed by atoms with E-state index in [2.05, 4.69) is 4.98 Å². The first kappa shape index (κ1) is 9.21. The molecule has 0 spiro atoms. The number of fused-ring (bicyclic) bond motifs is 1. The van der Waals surface area contributed by atoms with Crippen molar-refractivity contribution in [2.24, 2.45) is 0 Å². The largest absolute Gasteiger partial charge is 0.440 e. The van der Waals surface area contributed by atoms with Gasteiger partial charge in [0.25, 0.3) is 0 Å². The molecule has 0 fully saturated rings. The molecule has 2 aromatic rings. The van der Waals surface area contributed by atoms with Gasteiger partial charge in [0.05, 0.1) is 6.61 Å². The molecule has 0 atom stereocenters. The number of aromatic nitrogens is 1. The maximum atomic E-state index is 9.10. The van der Waals surface area contributed by atoms with Crippen LogP contribution in [0.1, 0.15) is 31.2 Å². The molecule has 0 unspecified atom stereocenters. The summed E-state index contributed by atoms with van der Waals surface area (Å²) in [7, 11) is 0. The standard InChI is InChI=1S/C11H13NO2/c1-7(2)11-12-9-5-3-4-8(6-13)10(9)14-11/h3-5,7,13H,6H2,1-2H3. The zero-order valence-electron chi connectivity index (χ0n) is 8.32. The Balaban J connectivity index is 2.64. The van der Waals surface area contributed by atoms with Gasteiger partial charge in [-0.25, -0.2) is 4.98 Å². The highest BCUT2D eigenvalue weighted by Crippen LogP contribution is 2.23. The van der Waals surface area contributed by atoms with Gasteiger partial charge in [0, 0.05) is 11.5 Å². The fourth-order valence-electron chi connectivity index (χ4n) is 1.39. The van der Waals surface area contributed by atoms with E-state index in [-0.39, 0.29) is 12.5 Å². The molecule has 0 aliphatic carbocycles. The van der Waals surface area contributed by atoms with Crippen molar-refractivity contribution in [3.63, 3.8) is 0 Å². The van der Waals surface area contributed by atoms with Crippen molar-refractivity contribution in [2.45, 2.75) is 26.4 Å². The maximum Gasteiger partial charge on any atom is 0.198 e. The Bertz CT molecular complexity index is 445. The van der Waals surface area contributed by atoms with E-state index in [1.165, 1.54) is 0 Å². The molecule has 0 saturated carbocycles. The molecule has 1 heterocycles. The number of hydrogen-bond donors (Lipinski definition) is 1. The fourth-order valence-corrected chi connectivity index (χ4v) is 1.39. The van der Waals surface area contributed by atoms with Gasteiger partial charge in [0.1, 0.15) is 5.52 Å². The first-order valence-electron chi connectivity index (χ1n) is 4.71. The number of aliphatic hydroxyl groups is 1. The van der Waals surface area contributed by atoms with Gasteiger partial charge in [-0.15, -0.1) is 0 Å². The van der Waals surface area contributed by atoms with E-state index in [1.54, 1.807) is 0 Å². The molecule has 0 bridgehead atoms. The number of benzene rings is 1. The smallest absolute Gasteiger partial charge is 0.198 e. The van der Waals surface area contributed by atoms with E-state index in [1.807, 2.05) is 32.0 Å². The lowest BCUT2D eigenvalue weighted by atomic mass is 10.2. The first-order valence-corrected chi connectivity index (χ1v) is 4.71. The van der Waals surface area contributed by atoms with Crippen LogP contribution in [0, 0.1) is 0 Å². The third-order valence-electron chi connectivity index (χ3n) is 2.18. The lowest BCUT2D eigenvalue weighted by Crippen LogP contribution is -1.84. The number of rotatable bonds is 2. The molecule has 0 amide bonds. The summed E-state index contributed by atoms with van der Waals surface area (Å²) in [5.74, 6) is 0.995. The molecule has 1 N–H and O–H groups in total. The van der Waals surface area contributed by atoms with Crippen LogP contribution in [0.15, 0.2) is 22.6 Å². The molecule has 0 aliphatic rings. The van der Waals surface area contributed by atoms with Gasteiger partial charge in [0.15, 0.2) is 11.5 Å². The average Bonchev–Trinajstić information content (AvgIpc) is 2.60. The predicted octanol–water partition coefficient (Wildman–Crippen LogP) is 2.44. The SMILES string of the molecule is CC(C)c1nc2cccc(CO)c2o1. The summed E-state index contributed by atoms with van der Waals surface area (Å²) in [6.45, 7) is 4.05. The van der Waals surface area contributed by atoms with E-state index >= 15 is 0 Å². The second kappa shape index (κ2) is 3.42. The highest BCUT2D eigenvalue weighted by molar-refractivity contribution is 5.76. The van der Waals surface area contributed by atoms with Gasteiger partial charge < -0.3 is 9.52 Å². The van der Waals surface area contributed by atoms with Crippen LogP contribution in [0.25, 0.3) is 11.1 Å². The molecule has 1 aromatic carbocycles. The lowest BCUT2D eigenvalue weighted by molar-refractivity contribution is 0.281. The number of hydrogen-bond acceptors (Lipinski definition) is 3. The number of para-hydroxylation sites is 1. The Kier molecular flexibility index (Phi) is 2.25. The van der Waals surface area contributed by atoms with Gasteiger partial charge >= 0.3 is 0 Å². The van der Waals surface area contributed by atoms with E-state index in [4.69, 9.17) is 9.52 Å². The maximum absolute atomic E-state index is 9.10. The third-order valence-corrected chi connectivity index (χ3v) is 2.18. The average molecular weight is 191 g/mol. The minimum absolute atomic E-state index is 0.00985. The van der Waals surface area contributed by atoms with Gasteiger partial charge in [-0.2, -0.15) is 0 Å². The molecular weight excluding hydrogens is 178 g/mol. The van der Waals surface area contributed by atoms with Crippen molar-refractivity contribution in [3.05, 3.63) is 29.7 Å². The minimum atomic E-state index is -0.00985. The Morgan fingerprint density at radius 3 is 2.86 bits per heavy atom. The summed E-state index contributed by atoms with van der Waals surface area (Å²) < 4.78 is 5.58. The van der Waals surface area contributed by atoms with Crippen LogP contribution in [-0.4, -0.2) is 10.1 Å². The van der Waals surface area contributed by atoms with E-state index in [0.29, 0.717) is 5.58 Å². The summed E-state index contributed by atoms with van der Waals surface area (Å²) in [5.41, 5.74) is 2.32. The highest BCUT2D eigenvalue weighted by atomic mass is 16.4. The van der Waals surface area contributed by atoms with Crippen molar-refractivity contribution < 1.29 is 9.52 Å². The summed E-state index contributed by atoms with van der Waals surface area (Å²) in [6.07, 6.45) is 0. The van der Waals surface area contributed by atoms with Crippen LogP contribution < -0.4 is 0 Å². The van der Waals surface area contributed by atoms with Crippen LogP contribution in [0.5, 0.6) is 0 Å². The summed E-state index contributed by atoms with van der Waals surface area (Å²) in [5, 5.41) is 9.10. The highest BCUT2D eigenvalue weighted by Gasteiger charge is 2.11. The normalized spacial score (nSPS) is 11.4. The Morgan fingerprint density at radius 1 is 1.43 bits per heavy atom. The van der Waals surface area contributed by atoms with Crippen LogP contribution >= 0.6 is 0 Å². The quantitative estimate of drug-likeness (QED) is 0.793. The first-order chi connectivity index (χ1) is 6.72. The minimum Gasteiger partial charge on any atom is -0.440 e. The van der Waals surface area contributed by atoms with Crippen molar-refractivity contribution in [1.29, 1.82) is 0 Å². The lowest BCUT2D eigenvalue weighted by Gasteiger charge is -1.96. The van der Waals surface area contributed by atoms with Crippen LogP contribution in [-0.2, 0) is 6.61 Å². The van der Waals surface area contributed by atoms with Gasteiger partial charge in [-0.3, -0.25) is 0 Å². The molecule has 1 aromatic heterocycles. The molecule has 0 aliphatic heterocycles. The number of oxazole rings is 1. The topological polar surface area (TPSA) is 46.3 Å². The van der Waals surface area contributed by atoms with E-state index < -0.39 is 0 Å². The van der Waals surface area contributed by atoms with Crippen molar-refractivity contribution in [3.8, 4) is 0 Å². The monoisotopic (exact) mass is 191 g/mol. The molecule has 2 rings (SSSR count). The van der Waals surface area contributed by atoms with Crippen LogP contribution in [0.3, 0.4) is 0 Å². The van der Waals surface area contributed by atoms with Gasteiger partial charge in [-0.05, 0) is 6.07 Å². The Hall–Kier alpha value is -1.35. The zero-order chi connectivity index (χ0) is 10.1. The predicted molar refractivity (Wildman–Crippen MR) is 54.0 cm³/mol. The molecule has 3 heteroatoms. The molecule has 0 saturated heterocycles. The molecule has 3 nitrogen and oxygen atoms in total. The molecule has 0 radical (unpaired) electrons. The van der Waals surface area contributed by atoms with Crippen LogP contribution in [0.4, 0.5) is 0 Å². The molecular formula is C11H13NO2. The zero-order valence-corrected chi connectivity index (χ0v) is 8.32. The molecule has 14 heavy (non-hydrogen) atoms.